The number of benzene rings is 2. The molecule has 0 aliphatic carbocycles. The number of carbonyl (C=O) groups is 2. The van der Waals surface area contributed by atoms with Crippen molar-refractivity contribution in [3.63, 3.8) is 0 Å². The third kappa shape index (κ3) is 4.72. The van der Waals surface area contributed by atoms with Crippen molar-refractivity contribution in [1.82, 2.24) is 19.8 Å². The Hall–Kier alpha value is -3.88. The molecule has 1 aliphatic rings. The van der Waals surface area contributed by atoms with Crippen LogP contribution >= 0.6 is 0 Å². The summed E-state index contributed by atoms with van der Waals surface area (Å²) in [5.74, 6) is -0.0408. The Labute approximate surface area is 185 Å². The first kappa shape index (κ1) is 21.4. The second-order valence-corrected chi connectivity index (χ2v) is 7.65. The smallest absolute Gasteiger partial charge is 0.321 e. The fraction of sp³-hybridized carbons (Fsp3) is 0.261. The molecule has 2 N–H and O–H groups in total. The van der Waals surface area contributed by atoms with Crippen LogP contribution in [0.15, 0.2) is 55.0 Å². The lowest BCUT2D eigenvalue weighted by atomic mass is 10.1. The van der Waals surface area contributed by atoms with Crippen LogP contribution in [0.4, 0.5) is 14.9 Å². The molecule has 0 radical (unpaired) electrons. The van der Waals surface area contributed by atoms with Crippen LogP contribution in [0.25, 0.3) is 5.69 Å². The van der Waals surface area contributed by atoms with Gasteiger partial charge in [-0.2, -0.15) is 0 Å². The van der Waals surface area contributed by atoms with Gasteiger partial charge in [0.25, 0.3) is 5.91 Å². The summed E-state index contributed by atoms with van der Waals surface area (Å²) in [5, 5.41) is 5.72. The largest absolute Gasteiger partial charge is 0.495 e. The molecule has 1 saturated heterocycles. The van der Waals surface area contributed by atoms with E-state index in [9.17, 15) is 14.0 Å². The van der Waals surface area contributed by atoms with E-state index in [1.165, 1.54) is 24.3 Å². The zero-order valence-corrected chi connectivity index (χ0v) is 17.8. The quantitative estimate of drug-likeness (QED) is 0.641. The number of aromatic nitrogens is 2. The summed E-state index contributed by atoms with van der Waals surface area (Å²) < 4.78 is 20.3. The molecule has 1 unspecified atom stereocenters. The van der Waals surface area contributed by atoms with Crippen molar-refractivity contribution in [1.29, 1.82) is 0 Å². The number of hydrogen-bond acceptors (Lipinski definition) is 4. The highest BCUT2D eigenvalue weighted by molar-refractivity contribution is 5.95. The lowest BCUT2D eigenvalue weighted by Gasteiger charge is -2.18. The van der Waals surface area contributed by atoms with E-state index >= 15 is 0 Å². The van der Waals surface area contributed by atoms with Crippen molar-refractivity contribution in [2.75, 3.05) is 25.5 Å². The first-order valence-corrected chi connectivity index (χ1v) is 10.2. The van der Waals surface area contributed by atoms with Crippen LogP contribution in [0.2, 0.25) is 0 Å². The van der Waals surface area contributed by atoms with E-state index in [4.69, 9.17) is 4.74 Å². The SMILES string of the molecule is COc1cc(C(=O)NC2CCN(C(=O)Nc3ccc(F)cc3)C2)ccc1-n1cnc(C)c1. The van der Waals surface area contributed by atoms with Crippen molar-refractivity contribution < 1.29 is 18.7 Å². The molecule has 1 aliphatic heterocycles. The van der Waals surface area contributed by atoms with Gasteiger partial charge in [-0.1, -0.05) is 0 Å². The number of imidazole rings is 1. The van der Waals surface area contributed by atoms with Crippen molar-refractivity contribution in [3.8, 4) is 11.4 Å². The summed E-state index contributed by atoms with van der Waals surface area (Å²) in [5.41, 5.74) is 2.65. The van der Waals surface area contributed by atoms with Gasteiger partial charge in [-0.15, -0.1) is 0 Å². The van der Waals surface area contributed by atoms with Crippen LogP contribution < -0.4 is 15.4 Å². The van der Waals surface area contributed by atoms with Crippen LogP contribution in [0.1, 0.15) is 22.5 Å². The Kier molecular flexibility index (Phi) is 6.07. The van der Waals surface area contributed by atoms with Crippen LogP contribution in [-0.2, 0) is 0 Å². The molecule has 0 saturated carbocycles. The van der Waals surface area contributed by atoms with Crippen LogP contribution in [0, 0.1) is 12.7 Å². The minimum absolute atomic E-state index is 0.163. The van der Waals surface area contributed by atoms with Gasteiger partial charge >= 0.3 is 6.03 Å². The molecule has 3 amide bonds. The van der Waals surface area contributed by atoms with Crippen molar-refractivity contribution in [2.24, 2.45) is 0 Å². The molecule has 1 atom stereocenters. The predicted octanol–water partition coefficient (Wildman–Crippen LogP) is 3.36. The van der Waals surface area contributed by atoms with Crippen LogP contribution in [0.5, 0.6) is 5.75 Å². The van der Waals surface area contributed by atoms with Crippen molar-refractivity contribution >= 4 is 17.6 Å². The average Bonchev–Trinajstić information content (AvgIpc) is 3.44. The molecule has 3 aromatic rings. The summed E-state index contributed by atoms with van der Waals surface area (Å²) >= 11 is 0. The number of rotatable bonds is 5. The standard InChI is InChI=1S/C23H24FN5O3/c1-15-12-29(14-25-15)20-8-3-16(11-21(20)32-2)22(30)26-19-9-10-28(13-19)23(31)27-18-6-4-17(24)5-7-18/h3-8,11-12,14,19H,9-10,13H2,1-2H3,(H,26,30)(H,27,31). The molecular weight excluding hydrogens is 413 g/mol. The number of halogens is 1. The molecule has 4 rings (SSSR count). The number of anilines is 1. The van der Waals surface area contributed by atoms with Crippen LogP contribution in [0.3, 0.4) is 0 Å². The number of nitrogens with zero attached hydrogens (tertiary/aromatic N) is 3. The maximum Gasteiger partial charge on any atom is 0.321 e. The number of amides is 3. The van der Waals surface area contributed by atoms with Gasteiger partial charge in [0.15, 0.2) is 0 Å². The Morgan fingerprint density at radius 3 is 2.66 bits per heavy atom. The predicted molar refractivity (Wildman–Crippen MR) is 118 cm³/mol. The highest BCUT2D eigenvalue weighted by Crippen LogP contribution is 2.25. The van der Waals surface area contributed by atoms with Crippen molar-refractivity contribution in [2.45, 2.75) is 19.4 Å². The minimum Gasteiger partial charge on any atom is -0.495 e. The third-order valence-electron chi connectivity index (χ3n) is 5.34. The first-order chi connectivity index (χ1) is 15.4. The zero-order chi connectivity index (χ0) is 22.7. The zero-order valence-electron chi connectivity index (χ0n) is 17.8. The number of carbonyl (C=O) groups excluding carboxylic acids is 2. The summed E-state index contributed by atoms with van der Waals surface area (Å²) in [6.45, 7) is 2.80. The van der Waals surface area contributed by atoms with Gasteiger partial charge in [0.2, 0.25) is 0 Å². The van der Waals surface area contributed by atoms with Gasteiger partial charge < -0.3 is 24.8 Å². The van der Waals surface area contributed by atoms with Crippen molar-refractivity contribution in [3.05, 3.63) is 72.1 Å². The maximum absolute atomic E-state index is 13.0. The molecule has 1 aromatic heterocycles. The highest BCUT2D eigenvalue weighted by atomic mass is 19.1. The second-order valence-electron chi connectivity index (χ2n) is 7.65. The van der Waals surface area contributed by atoms with Crippen LogP contribution in [-0.4, -0.2) is 52.6 Å². The average molecular weight is 437 g/mol. The van der Waals surface area contributed by atoms with E-state index in [1.807, 2.05) is 23.8 Å². The van der Waals surface area contributed by atoms with E-state index in [1.54, 1.807) is 30.5 Å². The molecule has 0 bridgehead atoms. The lowest BCUT2D eigenvalue weighted by Crippen LogP contribution is -2.39. The highest BCUT2D eigenvalue weighted by Gasteiger charge is 2.28. The first-order valence-electron chi connectivity index (χ1n) is 10.2. The number of likely N-dealkylation sites (tertiary alicyclic amines) is 1. The molecule has 166 valence electrons. The lowest BCUT2D eigenvalue weighted by molar-refractivity contribution is 0.0937. The van der Waals surface area contributed by atoms with Gasteiger partial charge in [-0.05, 0) is 55.8 Å². The topological polar surface area (TPSA) is 88.5 Å². The van der Waals surface area contributed by atoms with E-state index in [0.717, 1.165) is 11.4 Å². The molecule has 2 heterocycles. The molecular formula is C23H24FN5O3. The number of ether oxygens (including phenoxy) is 1. The number of aryl methyl sites for hydroxylation is 1. The molecule has 32 heavy (non-hydrogen) atoms. The number of urea groups is 1. The van der Waals surface area contributed by atoms with Gasteiger partial charge in [0.1, 0.15) is 11.6 Å². The number of nitrogens with one attached hydrogen (secondary N) is 2. The Balaban J connectivity index is 1.37. The molecule has 2 aromatic carbocycles. The fourth-order valence-electron chi connectivity index (χ4n) is 3.65. The summed E-state index contributed by atoms with van der Waals surface area (Å²) in [6.07, 6.45) is 4.21. The maximum atomic E-state index is 13.0. The Morgan fingerprint density at radius 2 is 1.97 bits per heavy atom. The van der Waals surface area contributed by atoms with E-state index in [-0.39, 0.29) is 23.8 Å². The summed E-state index contributed by atoms with van der Waals surface area (Å²) in [4.78, 5) is 31.1. The molecule has 0 spiro atoms. The number of hydrogen-bond donors (Lipinski definition) is 2. The molecule has 9 heteroatoms. The van der Waals surface area contributed by atoms with E-state index in [2.05, 4.69) is 15.6 Å². The summed E-state index contributed by atoms with van der Waals surface area (Å²) in [7, 11) is 1.55. The van der Waals surface area contributed by atoms with Gasteiger partial charge in [0.05, 0.1) is 24.8 Å². The van der Waals surface area contributed by atoms with Gasteiger partial charge in [0, 0.05) is 36.6 Å². The normalized spacial score (nSPS) is 15.5. The number of methoxy groups -OCH3 is 1. The fourth-order valence-corrected chi connectivity index (χ4v) is 3.65. The van der Waals surface area contributed by atoms with Gasteiger partial charge in [-0.3, -0.25) is 4.79 Å². The third-order valence-corrected chi connectivity index (χ3v) is 5.34. The Morgan fingerprint density at radius 1 is 1.19 bits per heavy atom. The van der Waals surface area contributed by atoms with Gasteiger partial charge in [-0.25, -0.2) is 14.2 Å². The monoisotopic (exact) mass is 437 g/mol. The van der Waals surface area contributed by atoms with E-state index in [0.29, 0.717) is 36.5 Å². The molecule has 8 nitrogen and oxygen atoms in total. The second kappa shape index (κ2) is 9.09. The minimum atomic E-state index is -0.364. The summed E-state index contributed by atoms with van der Waals surface area (Å²) in [6, 6.07) is 10.4. The Bertz CT molecular complexity index is 1130. The molecule has 1 fully saturated rings. The van der Waals surface area contributed by atoms with E-state index < -0.39 is 0 Å².